The number of nitrogens with two attached hydrogens (primary N) is 1. The molecule has 3 N–H and O–H groups in total. The first-order valence-electron chi connectivity index (χ1n) is 5.69. The van der Waals surface area contributed by atoms with Crippen molar-refractivity contribution in [2.75, 3.05) is 33.4 Å². The largest absolute Gasteiger partial charge is 0.480 e. The van der Waals surface area contributed by atoms with Crippen molar-refractivity contribution in [3.05, 3.63) is 0 Å². The minimum Gasteiger partial charge on any atom is -0.480 e. The number of methoxy groups -OCH3 is 1. The molecule has 1 saturated heterocycles. The van der Waals surface area contributed by atoms with Gasteiger partial charge in [-0.3, -0.25) is 4.79 Å². The highest BCUT2D eigenvalue weighted by atomic mass is 16.5. The number of piperidine rings is 1. The summed E-state index contributed by atoms with van der Waals surface area (Å²) in [7, 11) is 1.70. The lowest BCUT2D eigenvalue weighted by Gasteiger charge is -2.35. The Bertz CT molecular complexity index is 241. The van der Waals surface area contributed by atoms with Gasteiger partial charge in [0, 0.05) is 20.2 Å². The van der Waals surface area contributed by atoms with E-state index in [-0.39, 0.29) is 0 Å². The molecule has 1 aliphatic rings. The molecular formula is C11H22N2O3. The van der Waals surface area contributed by atoms with Crippen molar-refractivity contribution in [1.29, 1.82) is 0 Å². The molecular weight excluding hydrogens is 208 g/mol. The van der Waals surface area contributed by atoms with E-state index in [2.05, 4.69) is 4.90 Å². The Balaban J connectivity index is 2.45. The molecule has 0 aliphatic carbocycles. The van der Waals surface area contributed by atoms with Gasteiger partial charge in [-0.15, -0.1) is 0 Å². The van der Waals surface area contributed by atoms with E-state index in [4.69, 9.17) is 15.6 Å². The van der Waals surface area contributed by atoms with Crippen LogP contribution in [-0.4, -0.2) is 54.9 Å². The molecule has 0 aromatic rings. The summed E-state index contributed by atoms with van der Waals surface area (Å²) < 4.78 is 5.13. The van der Waals surface area contributed by atoms with Crippen LogP contribution in [0.3, 0.4) is 0 Å². The Hall–Kier alpha value is -0.650. The molecule has 5 nitrogen and oxygen atoms in total. The predicted octanol–water partition coefficient (Wildman–Crippen LogP) is 0.147. The van der Waals surface area contributed by atoms with Gasteiger partial charge in [0.25, 0.3) is 0 Å². The van der Waals surface area contributed by atoms with E-state index in [0.29, 0.717) is 12.5 Å². The zero-order valence-corrected chi connectivity index (χ0v) is 10.1. The Morgan fingerprint density at radius 3 is 2.94 bits per heavy atom. The van der Waals surface area contributed by atoms with Crippen molar-refractivity contribution < 1.29 is 14.6 Å². The SMILES string of the molecule is COCC1CCCN(CC(C)(N)C(=O)O)C1. The molecule has 1 aliphatic heterocycles. The Morgan fingerprint density at radius 2 is 2.38 bits per heavy atom. The van der Waals surface area contributed by atoms with Gasteiger partial charge in [0.1, 0.15) is 5.54 Å². The minimum atomic E-state index is -1.16. The number of carbonyl (C=O) groups is 1. The first-order chi connectivity index (χ1) is 7.45. The van der Waals surface area contributed by atoms with Crippen molar-refractivity contribution in [2.24, 2.45) is 11.7 Å². The number of hydrogen-bond donors (Lipinski definition) is 2. The second kappa shape index (κ2) is 5.61. The highest BCUT2D eigenvalue weighted by molar-refractivity contribution is 5.78. The normalized spacial score (nSPS) is 26.3. The Labute approximate surface area is 96.6 Å². The van der Waals surface area contributed by atoms with Crippen LogP contribution in [0.15, 0.2) is 0 Å². The summed E-state index contributed by atoms with van der Waals surface area (Å²) in [5, 5.41) is 8.96. The summed E-state index contributed by atoms with van der Waals surface area (Å²) in [6.07, 6.45) is 2.24. The second-order valence-electron chi connectivity index (χ2n) is 4.92. The topological polar surface area (TPSA) is 75.8 Å². The van der Waals surface area contributed by atoms with Crippen LogP contribution in [0.4, 0.5) is 0 Å². The third-order valence-corrected chi connectivity index (χ3v) is 3.05. The first kappa shape index (κ1) is 13.4. The lowest BCUT2D eigenvalue weighted by molar-refractivity contribution is -0.143. The fraction of sp³-hybridized carbons (Fsp3) is 0.909. The predicted molar refractivity (Wildman–Crippen MR) is 61.3 cm³/mol. The molecule has 5 heteroatoms. The van der Waals surface area contributed by atoms with Crippen LogP contribution in [0.5, 0.6) is 0 Å². The third kappa shape index (κ3) is 3.73. The molecule has 0 bridgehead atoms. The summed E-state index contributed by atoms with van der Waals surface area (Å²) in [4.78, 5) is 13.1. The molecule has 0 spiro atoms. The number of rotatable bonds is 5. The van der Waals surface area contributed by atoms with Crippen LogP contribution in [0.25, 0.3) is 0 Å². The quantitative estimate of drug-likeness (QED) is 0.703. The highest BCUT2D eigenvalue weighted by Crippen LogP contribution is 2.18. The van der Waals surface area contributed by atoms with E-state index in [0.717, 1.165) is 32.5 Å². The van der Waals surface area contributed by atoms with Crippen molar-refractivity contribution in [3.63, 3.8) is 0 Å². The van der Waals surface area contributed by atoms with Gasteiger partial charge in [0.2, 0.25) is 0 Å². The summed E-state index contributed by atoms with van der Waals surface area (Å²) in [6, 6.07) is 0. The third-order valence-electron chi connectivity index (χ3n) is 3.05. The maximum absolute atomic E-state index is 10.9. The number of likely N-dealkylation sites (tertiary alicyclic amines) is 1. The molecule has 0 saturated carbocycles. The van der Waals surface area contributed by atoms with E-state index >= 15 is 0 Å². The van der Waals surface area contributed by atoms with Gasteiger partial charge < -0.3 is 20.5 Å². The number of aliphatic carboxylic acids is 1. The maximum atomic E-state index is 10.9. The lowest BCUT2D eigenvalue weighted by Crippen LogP contribution is -2.55. The molecule has 94 valence electrons. The lowest BCUT2D eigenvalue weighted by atomic mass is 9.96. The fourth-order valence-corrected chi connectivity index (χ4v) is 2.20. The van der Waals surface area contributed by atoms with Gasteiger partial charge in [-0.2, -0.15) is 0 Å². The zero-order chi connectivity index (χ0) is 12.2. The van der Waals surface area contributed by atoms with Gasteiger partial charge >= 0.3 is 5.97 Å². The molecule has 0 amide bonds. The number of carboxylic acids is 1. The molecule has 0 radical (unpaired) electrons. The molecule has 1 heterocycles. The van der Waals surface area contributed by atoms with Crippen molar-refractivity contribution in [3.8, 4) is 0 Å². The van der Waals surface area contributed by atoms with Crippen molar-refractivity contribution >= 4 is 5.97 Å². The number of nitrogens with zero attached hydrogens (tertiary/aromatic N) is 1. The van der Waals surface area contributed by atoms with E-state index in [1.807, 2.05) is 0 Å². The van der Waals surface area contributed by atoms with E-state index in [1.54, 1.807) is 14.0 Å². The van der Waals surface area contributed by atoms with Crippen LogP contribution in [-0.2, 0) is 9.53 Å². The van der Waals surface area contributed by atoms with Gasteiger partial charge in [-0.1, -0.05) is 0 Å². The van der Waals surface area contributed by atoms with Crippen LogP contribution in [0.2, 0.25) is 0 Å². The number of hydrogen-bond acceptors (Lipinski definition) is 4. The Kier molecular flexibility index (Phi) is 4.70. The van der Waals surface area contributed by atoms with Crippen molar-refractivity contribution in [1.82, 2.24) is 4.90 Å². The standard InChI is InChI=1S/C11H22N2O3/c1-11(12,10(14)15)8-13-5-3-4-9(6-13)7-16-2/h9H,3-8,12H2,1-2H3,(H,14,15). The van der Waals surface area contributed by atoms with E-state index in [9.17, 15) is 4.79 Å². The van der Waals surface area contributed by atoms with Gasteiger partial charge in [-0.05, 0) is 32.2 Å². The average molecular weight is 230 g/mol. The fourth-order valence-electron chi connectivity index (χ4n) is 2.20. The monoisotopic (exact) mass is 230 g/mol. The summed E-state index contributed by atoms with van der Waals surface area (Å²) in [5.41, 5.74) is 4.58. The minimum absolute atomic E-state index is 0.405. The Morgan fingerprint density at radius 1 is 1.69 bits per heavy atom. The van der Waals surface area contributed by atoms with Crippen LogP contribution in [0.1, 0.15) is 19.8 Å². The molecule has 2 atom stereocenters. The van der Waals surface area contributed by atoms with Crippen LogP contribution >= 0.6 is 0 Å². The van der Waals surface area contributed by atoms with Crippen molar-refractivity contribution in [2.45, 2.75) is 25.3 Å². The second-order valence-corrected chi connectivity index (χ2v) is 4.92. The molecule has 0 aromatic heterocycles. The molecule has 2 unspecified atom stereocenters. The summed E-state index contributed by atoms with van der Waals surface area (Å²) in [5.74, 6) is -0.440. The average Bonchev–Trinajstić information content (AvgIpc) is 2.17. The highest BCUT2D eigenvalue weighted by Gasteiger charge is 2.32. The van der Waals surface area contributed by atoms with E-state index < -0.39 is 11.5 Å². The molecule has 1 rings (SSSR count). The summed E-state index contributed by atoms with van der Waals surface area (Å²) >= 11 is 0. The zero-order valence-electron chi connectivity index (χ0n) is 10.1. The smallest absolute Gasteiger partial charge is 0.324 e. The molecule has 0 aromatic carbocycles. The van der Waals surface area contributed by atoms with Gasteiger partial charge in [0.15, 0.2) is 0 Å². The molecule has 1 fully saturated rings. The van der Waals surface area contributed by atoms with E-state index in [1.165, 1.54) is 0 Å². The molecule has 16 heavy (non-hydrogen) atoms. The summed E-state index contributed by atoms with van der Waals surface area (Å²) in [6.45, 7) is 4.52. The van der Waals surface area contributed by atoms with Crippen LogP contribution < -0.4 is 5.73 Å². The van der Waals surface area contributed by atoms with Crippen LogP contribution in [0, 0.1) is 5.92 Å². The first-order valence-corrected chi connectivity index (χ1v) is 5.69. The number of ether oxygens (including phenoxy) is 1. The van der Waals surface area contributed by atoms with Gasteiger partial charge in [-0.25, -0.2) is 0 Å². The maximum Gasteiger partial charge on any atom is 0.324 e. The number of carboxylic acid groups (broad SMARTS) is 1. The van der Waals surface area contributed by atoms with Gasteiger partial charge in [0.05, 0.1) is 6.61 Å².